The average Bonchev–Trinajstić information content (AvgIpc) is 2.82. The number of amides is 1. The molecule has 0 spiro atoms. The first-order chi connectivity index (χ1) is 10.5. The molecule has 0 saturated carbocycles. The molecule has 1 aromatic heterocycles. The maximum atomic E-state index is 13.5. The Hall–Kier alpha value is -1.67. The lowest BCUT2D eigenvalue weighted by atomic mass is 10.2. The standard InChI is InChI=1S/C15H8ClF2IN2O/c16-12-8-3-1-2-4-11(8)21-14(12)15(22)20-7-5-9(17)13(19)10(18)6-7/h1-6,21H,(H,20,22). The number of rotatable bonds is 2. The van der Waals surface area contributed by atoms with Crippen molar-refractivity contribution in [3.63, 3.8) is 0 Å². The number of nitrogens with one attached hydrogen (secondary N) is 2. The summed E-state index contributed by atoms with van der Waals surface area (Å²) < 4.78 is 26.9. The smallest absolute Gasteiger partial charge is 0.273 e. The van der Waals surface area contributed by atoms with Gasteiger partial charge in [0.15, 0.2) is 0 Å². The monoisotopic (exact) mass is 432 g/mol. The largest absolute Gasteiger partial charge is 0.349 e. The van der Waals surface area contributed by atoms with E-state index in [9.17, 15) is 13.6 Å². The topological polar surface area (TPSA) is 44.9 Å². The van der Waals surface area contributed by atoms with Crippen molar-refractivity contribution >= 4 is 56.7 Å². The van der Waals surface area contributed by atoms with Crippen LogP contribution in [0, 0.1) is 15.2 Å². The molecule has 0 aliphatic heterocycles. The highest BCUT2D eigenvalue weighted by Gasteiger charge is 2.17. The Morgan fingerprint density at radius 1 is 1.18 bits per heavy atom. The predicted octanol–water partition coefficient (Wildman–Crippen LogP) is 4.96. The number of aromatic amines is 1. The summed E-state index contributed by atoms with van der Waals surface area (Å²) in [6, 6.07) is 9.27. The number of fused-ring (bicyclic) bond motifs is 1. The first-order valence-corrected chi connectivity index (χ1v) is 7.65. The Bertz CT molecular complexity index is 871. The van der Waals surface area contributed by atoms with Gasteiger partial charge in [0.25, 0.3) is 5.91 Å². The number of carbonyl (C=O) groups excluding carboxylic acids is 1. The van der Waals surface area contributed by atoms with Gasteiger partial charge in [-0.05, 0) is 40.8 Å². The van der Waals surface area contributed by atoms with Crippen LogP contribution in [0.1, 0.15) is 10.5 Å². The summed E-state index contributed by atoms with van der Waals surface area (Å²) in [6.07, 6.45) is 0. The highest BCUT2D eigenvalue weighted by molar-refractivity contribution is 14.1. The van der Waals surface area contributed by atoms with Gasteiger partial charge in [0.05, 0.1) is 8.59 Å². The minimum absolute atomic E-state index is 0.0233. The lowest BCUT2D eigenvalue weighted by Crippen LogP contribution is -2.13. The summed E-state index contributed by atoms with van der Waals surface area (Å²) >= 11 is 7.72. The van der Waals surface area contributed by atoms with Gasteiger partial charge >= 0.3 is 0 Å². The summed E-state index contributed by atoms with van der Waals surface area (Å²) in [6.45, 7) is 0. The van der Waals surface area contributed by atoms with Crippen molar-refractivity contribution in [3.05, 3.63) is 62.3 Å². The number of anilines is 1. The van der Waals surface area contributed by atoms with Crippen LogP contribution in [0.25, 0.3) is 10.9 Å². The Morgan fingerprint density at radius 2 is 1.82 bits per heavy atom. The quantitative estimate of drug-likeness (QED) is 0.436. The lowest BCUT2D eigenvalue weighted by Gasteiger charge is -2.06. The van der Waals surface area contributed by atoms with Crippen LogP contribution < -0.4 is 5.32 Å². The van der Waals surface area contributed by atoms with Crippen LogP contribution in [0.5, 0.6) is 0 Å². The molecule has 0 unspecified atom stereocenters. The number of hydrogen-bond donors (Lipinski definition) is 2. The van der Waals surface area contributed by atoms with E-state index in [1.807, 2.05) is 0 Å². The molecule has 22 heavy (non-hydrogen) atoms. The molecule has 7 heteroatoms. The molecule has 1 amide bonds. The van der Waals surface area contributed by atoms with Gasteiger partial charge in [-0.2, -0.15) is 0 Å². The number of benzene rings is 2. The molecular formula is C15H8ClF2IN2O. The number of carbonyl (C=O) groups is 1. The van der Waals surface area contributed by atoms with Crippen molar-refractivity contribution in [1.82, 2.24) is 4.98 Å². The number of aromatic nitrogens is 1. The fraction of sp³-hybridized carbons (Fsp3) is 0. The number of halogens is 4. The van der Waals surface area contributed by atoms with Crippen molar-refractivity contribution in [2.24, 2.45) is 0 Å². The second-order valence-corrected chi connectivity index (χ2v) is 6.02. The highest BCUT2D eigenvalue weighted by atomic mass is 127. The van der Waals surface area contributed by atoms with Crippen LogP contribution >= 0.6 is 34.2 Å². The fourth-order valence-corrected chi connectivity index (χ4v) is 2.69. The molecule has 1 heterocycles. The summed E-state index contributed by atoms with van der Waals surface area (Å²) in [4.78, 5) is 15.1. The molecule has 2 aromatic carbocycles. The molecule has 3 rings (SSSR count). The van der Waals surface area contributed by atoms with Crippen molar-refractivity contribution in [3.8, 4) is 0 Å². The third kappa shape index (κ3) is 2.68. The van der Waals surface area contributed by atoms with Gasteiger partial charge in [-0.3, -0.25) is 4.79 Å². The van der Waals surface area contributed by atoms with E-state index < -0.39 is 17.5 Å². The van der Waals surface area contributed by atoms with E-state index in [1.165, 1.54) is 0 Å². The van der Waals surface area contributed by atoms with E-state index in [-0.39, 0.29) is 20.0 Å². The van der Waals surface area contributed by atoms with Gasteiger partial charge in [0.2, 0.25) is 0 Å². The van der Waals surface area contributed by atoms with Crippen molar-refractivity contribution in [2.45, 2.75) is 0 Å². The molecule has 112 valence electrons. The highest BCUT2D eigenvalue weighted by Crippen LogP contribution is 2.28. The second kappa shape index (κ2) is 5.85. The summed E-state index contributed by atoms with van der Waals surface area (Å²) in [5.41, 5.74) is 0.870. The van der Waals surface area contributed by atoms with Crippen molar-refractivity contribution < 1.29 is 13.6 Å². The summed E-state index contributed by atoms with van der Waals surface area (Å²) in [7, 11) is 0. The minimum atomic E-state index is -0.737. The second-order valence-electron chi connectivity index (χ2n) is 4.57. The fourth-order valence-electron chi connectivity index (χ4n) is 2.09. The Morgan fingerprint density at radius 3 is 2.45 bits per heavy atom. The molecule has 0 saturated heterocycles. The van der Waals surface area contributed by atoms with E-state index in [1.54, 1.807) is 46.9 Å². The number of H-pyrrole nitrogens is 1. The normalized spacial score (nSPS) is 10.9. The van der Waals surface area contributed by atoms with Gasteiger partial charge in [-0.1, -0.05) is 29.8 Å². The molecule has 0 bridgehead atoms. The van der Waals surface area contributed by atoms with Gasteiger partial charge < -0.3 is 10.3 Å². The van der Waals surface area contributed by atoms with Gasteiger partial charge in [-0.15, -0.1) is 0 Å². The third-order valence-electron chi connectivity index (χ3n) is 3.11. The van der Waals surface area contributed by atoms with Crippen molar-refractivity contribution in [1.29, 1.82) is 0 Å². The van der Waals surface area contributed by atoms with E-state index in [4.69, 9.17) is 11.6 Å². The molecule has 0 atom stereocenters. The zero-order valence-electron chi connectivity index (χ0n) is 10.9. The number of hydrogen-bond acceptors (Lipinski definition) is 1. The van der Waals surface area contributed by atoms with Gasteiger partial charge in [0, 0.05) is 16.6 Å². The number of para-hydroxylation sites is 1. The summed E-state index contributed by atoms with van der Waals surface area (Å²) in [5.74, 6) is -2.04. The zero-order valence-corrected chi connectivity index (χ0v) is 13.8. The van der Waals surface area contributed by atoms with Crippen LogP contribution in [-0.4, -0.2) is 10.9 Å². The Kier molecular flexibility index (Phi) is 4.05. The van der Waals surface area contributed by atoms with Crippen molar-refractivity contribution in [2.75, 3.05) is 5.32 Å². The molecule has 3 nitrogen and oxygen atoms in total. The Balaban J connectivity index is 1.95. The summed E-state index contributed by atoms with van der Waals surface area (Å²) in [5, 5.41) is 3.40. The maximum absolute atomic E-state index is 13.5. The average molecular weight is 433 g/mol. The van der Waals surface area contributed by atoms with E-state index in [0.29, 0.717) is 10.9 Å². The minimum Gasteiger partial charge on any atom is -0.349 e. The molecule has 0 aliphatic carbocycles. The molecule has 3 aromatic rings. The zero-order chi connectivity index (χ0) is 15.9. The molecule has 0 radical (unpaired) electrons. The molecule has 2 N–H and O–H groups in total. The van der Waals surface area contributed by atoms with Crippen LogP contribution in [0.4, 0.5) is 14.5 Å². The van der Waals surface area contributed by atoms with Crippen LogP contribution in [0.2, 0.25) is 5.02 Å². The Labute approximate surface area is 142 Å². The lowest BCUT2D eigenvalue weighted by molar-refractivity contribution is 0.102. The van der Waals surface area contributed by atoms with Crippen LogP contribution in [0.15, 0.2) is 36.4 Å². The van der Waals surface area contributed by atoms with Crippen LogP contribution in [-0.2, 0) is 0 Å². The maximum Gasteiger partial charge on any atom is 0.273 e. The molecule has 0 aliphatic rings. The van der Waals surface area contributed by atoms with E-state index in [0.717, 1.165) is 12.1 Å². The molecular weight excluding hydrogens is 425 g/mol. The van der Waals surface area contributed by atoms with Gasteiger partial charge in [-0.25, -0.2) is 8.78 Å². The third-order valence-corrected chi connectivity index (χ3v) is 4.53. The van der Waals surface area contributed by atoms with E-state index >= 15 is 0 Å². The van der Waals surface area contributed by atoms with Crippen LogP contribution in [0.3, 0.4) is 0 Å². The molecule has 0 fully saturated rings. The van der Waals surface area contributed by atoms with E-state index in [2.05, 4.69) is 10.3 Å². The first-order valence-electron chi connectivity index (χ1n) is 6.19. The first kappa shape index (κ1) is 15.2. The predicted molar refractivity (Wildman–Crippen MR) is 90.3 cm³/mol. The SMILES string of the molecule is O=C(Nc1cc(F)c(I)c(F)c1)c1[nH]c2ccccc2c1Cl. The van der Waals surface area contributed by atoms with Gasteiger partial charge in [0.1, 0.15) is 17.3 Å².